The molecular weight excluding hydrogens is 516 g/mol. The maximum Gasteiger partial charge on any atom is 0.320 e. The highest BCUT2D eigenvalue weighted by Gasteiger charge is 2.33. The Morgan fingerprint density at radius 3 is 2.38 bits per heavy atom. The molecule has 0 radical (unpaired) electrons. The number of aromatic nitrogens is 1. The Bertz CT molecular complexity index is 1250. The number of aliphatic hydroxyl groups excluding tert-OH is 1. The third-order valence-electron chi connectivity index (χ3n) is 8.17. The van der Waals surface area contributed by atoms with Crippen LogP contribution in [0.4, 0.5) is 10.6 Å². The minimum Gasteiger partial charge on any atom is -0.390 e. The second-order valence-electron chi connectivity index (χ2n) is 11.1. The van der Waals surface area contributed by atoms with Crippen molar-refractivity contribution in [2.45, 2.75) is 43.7 Å². The van der Waals surface area contributed by atoms with Crippen molar-refractivity contribution >= 4 is 21.9 Å². The van der Waals surface area contributed by atoms with Crippen LogP contribution in [-0.4, -0.2) is 115 Å². The molecule has 1 unspecified atom stereocenters. The van der Waals surface area contributed by atoms with E-state index in [4.69, 9.17) is 0 Å². The Morgan fingerprint density at radius 1 is 0.974 bits per heavy atom. The number of piperidine rings is 1. The highest BCUT2D eigenvalue weighted by atomic mass is 32.2. The predicted molar refractivity (Wildman–Crippen MR) is 151 cm³/mol. The normalized spacial score (nSPS) is 20.1. The summed E-state index contributed by atoms with van der Waals surface area (Å²) in [6.07, 6.45) is 3.37. The van der Waals surface area contributed by atoms with Crippen LogP contribution in [0.25, 0.3) is 0 Å². The molecule has 10 nitrogen and oxygen atoms in total. The van der Waals surface area contributed by atoms with Crippen molar-refractivity contribution in [2.24, 2.45) is 0 Å². The summed E-state index contributed by atoms with van der Waals surface area (Å²) in [7, 11) is -0.0615. The molecule has 0 spiro atoms. The number of rotatable bonds is 9. The van der Waals surface area contributed by atoms with Crippen molar-refractivity contribution in [2.75, 3.05) is 64.8 Å². The zero-order chi connectivity index (χ0) is 27.6. The number of β-amino-alcohol motifs (C(OH)–C–C–N with tert-alkyl or cyclic N) is 1. The van der Waals surface area contributed by atoms with Crippen LogP contribution >= 0.6 is 0 Å². The topological polar surface area (TPSA) is 101 Å². The van der Waals surface area contributed by atoms with Crippen molar-refractivity contribution in [1.82, 2.24) is 24.0 Å². The van der Waals surface area contributed by atoms with E-state index in [0.717, 1.165) is 30.9 Å². The molecule has 5 rings (SSSR count). The number of anilines is 1. The summed E-state index contributed by atoms with van der Waals surface area (Å²) < 4.78 is 26.1. The molecule has 3 aliphatic heterocycles. The Labute approximate surface area is 231 Å². The first kappa shape index (κ1) is 27.8. The van der Waals surface area contributed by atoms with Gasteiger partial charge in [0.25, 0.3) is 0 Å². The van der Waals surface area contributed by atoms with Gasteiger partial charge in [0.1, 0.15) is 5.82 Å². The molecule has 1 aromatic carbocycles. The summed E-state index contributed by atoms with van der Waals surface area (Å²) >= 11 is 0. The Balaban J connectivity index is 1.08. The molecule has 2 aromatic rings. The molecule has 0 aliphatic carbocycles. The lowest BCUT2D eigenvalue weighted by atomic mass is 10.00. The molecule has 2 saturated heterocycles. The molecule has 11 heteroatoms. The maximum atomic E-state index is 13.0. The Morgan fingerprint density at radius 2 is 1.69 bits per heavy atom. The number of urea groups is 1. The molecule has 2 fully saturated rings. The number of amides is 2. The van der Waals surface area contributed by atoms with Gasteiger partial charge in [0, 0.05) is 79.2 Å². The van der Waals surface area contributed by atoms with Crippen LogP contribution in [0.5, 0.6) is 0 Å². The van der Waals surface area contributed by atoms with E-state index in [9.17, 15) is 18.3 Å². The molecule has 2 amide bonds. The molecule has 4 heterocycles. The van der Waals surface area contributed by atoms with Crippen LogP contribution < -0.4 is 4.90 Å². The zero-order valence-corrected chi connectivity index (χ0v) is 23.8. The van der Waals surface area contributed by atoms with Crippen LogP contribution in [0.2, 0.25) is 0 Å². The van der Waals surface area contributed by atoms with Gasteiger partial charge in [-0.1, -0.05) is 30.3 Å². The van der Waals surface area contributed by atoms with Crippen LogP contribution in [0.1, 0.15) is 29.5 Å². The zero-order valence-electron chi connectivity index (χ0n) is 22.9. The number of sulfonamides is 1. The molecule has 39 heavy (non-hydrogen) atoms. The Hall–Kier alpha value is -2.73. The maximum absolute atomic E-state index is 13.0. The summed E-state index contributed by atoms with van der Waals surface area (Å²) in [5, 5.41) is 10.4. The van der Waals surface area contributed by atoms with Gasteiger partial charge < -0.3 is 19.8 Å². The first-order valence-electron chi connectivity index (χ1n) is 13.8. The average Bonchev–Trinajstić information content (AvgIpc) is 3.27. The minimum atomic E-state index is -3.23. The van der Waals surface area contributed by atoms with Gasteiger partial charge in [-0.3, -0.25) is 4.90 Å². The number of pyridine rings is 1. The lowest BCUT2D eigenvalue weighted by Gasteiger charge is -2.33. The SMILES string of the molecule is CN(C)S(=O)(=O)C1CCN(c2ccc(CN3CCN(CC(O)CN4CCc5ccccc5C4)C3=O)cn2)CC1. The van der Waals surface area contributed by atoms with E-state index in [2.05, 4.69) is 39.0 Å². The largest absolute Gasteiger partial charge is 0.390 e. The number of aliphatic hydroxyl groups is 1. The van der Waals surface area contributed by atoms with E-state index < -0.39 is 16.1 Å². The number of hydrogen-bond acceptors (Lipinski definition) is 7. The molecule has 1 atom stereocenters. The predicted octanol–water partition coefficient (Wildman–Crippen LogP) is 1.60. The van der Waals surface area contributed by atoms with Crippen LogP contribution in [0, 0.1) is 0 Å². The van der Waals surface area contributed by atoms with Gasteiger partial charge in [-0.05, 0) is 42.0 Å². The molecule has 1 aromatic heterocycles. The van der Waals surface area contributed by atoms with Gasteiger partial charge in [0.2, 0.25) is 10.0 Å². The van der Waals surface area contributed by atoms with E-state index >= 15 is 0 Å². The number of carbonyl (C=O) groups is 1. The van der Waals surface area contributed by atoms with Crippen molar-refractivity contribution < 1.29 is 18.3 Å². The van der Waals surface area contributed by atoms with E-state index in [1.165, 1.54) is 15.4 Å². The molecule has 3 aliphatic rings. The third kappa shape index (κ3) is 6.37. The van der Waals surface area contributed by atoms with Crippen LogP contribution in [0.15, 0.2) is 42.6 Å². The number of fused-ring (bicyclic) bond motifs is 1. The second kappa shape index (κ2) is 11.8. The summed E-state index contributed by atoms with van der Waals surface area (Å²) in [6.45, 7) is 5.66. The monoisotopic (exact) mass is 556 g/mol. The smallest absolute Gasteiger partial charge is 0.320 e. The molecule has 0 saturated carbocycles. The average molecular weight is 557 g/mol. The minimum absolute atomic E-state index is 0.0497. The molecule has 212 valence electrons. The fourth-order valence-electron chi connectivity index (χ4n) is 5.87. The standard InChI is InChI=1S/C28H40N6O4S/c1-30(2)39(37,38)26-10-13-32(14-11-26)27-8-7-22(17-29-27)18-33-15-16-34(28(33)36)21-25(35)20-31-12-9-23-5-3-4-6-24(23)19-31/h3-8,17,25-26,35H,9-16,18-21H2,1-2H3. The first-order valence-corrected chi connectivity index (χ1v) is 15.3. The quantitative estimate of drug-likeness (QED) is 0.501. The van der Waals surface area contributed by atoms with Crippen LogP contribution in [0.3, 0.4) is 0 Å². The number of benzene rings is 1. The fraction of sp³-hybridized carbons (Fsp3) is 0.571. The van der Waals surface area contributed by atoms with Gasteiger partial charge in [0.15, 0.2) is 0 Å². The summed E-state index contributed by atoms with van der Waals surface area (Å²) in [5.74, 6) is 0.831. The van der Waals surface area contributed by atoms with Crippen molar-refractivity contribution in [3.8, 4) is 0 Å². The van der Waals surface area contributed by atoms with Gasteiger partial charge in [-0.2, -0.15) is 0 Å². The summed E-state index contributed by atoms with van der Waals surface area (Å²) in [5.41, 5.74) is 3.66. The van der Waals surface area contributed by atoms with E-state index in [0.29, 0.717) is 58.7 Å². The van der Waals surface area contributed by atoms with Gasteiger partial charge >= 0.3 is 6.03 Å². The lowest BCUT2D eigenvalue weighted by Crippen LogP contribution is -2.43. The fourth-order valence-corrected chi connectivity index (χ4v) is 7.27. The Kier molecular flexibility index (Phi) is 8.41. The van der Waals surface area contributed by atoms with E-state index in [1.54, 1.807) is 30.1 Å². The van der Waals surface area contributed by atoms with Crippen molar-refractivity contribution in [3.05, 3.63) is 59.3 Å². The van der Waals surface area contributed by atoms with Gasteiger partial charge in [-0.15, -0.1) is 0 Å². The van der Waals surface area contributed by atoms with E-state index in [-0.39, 0.29) is 11.3 Å². The lowest BCUT2D eigenvalue weighted by molar-refractivity contribution is 0.0812. The first-order chi connectivity index (χ1) is 18.7. The highest BCUT2D eigenvalue weighted by molar-refractivity contribution is 7.89. The van der Waals surface area contributed by atoms with E-state index in [1.807, 2.05) is 12.1 Å². The van der Waals surface area contributed by atoms with Crippen molar-refractivity contribution in [1.29, 1.82) is 0 Å². The van der Waals surface area contributed by atoms with Gasteiger partial charge in [-0.25, -0.2) is 22.5 Å². The second-order valence-corrected chi connectivity index (χ2v) is 13.5. The molecular formula is C28H40N6O4S. The highest BCUT2D eigenvalue weighted by Crippen LogP contribution is 2.24. The summed E-state index contributed by atoms with van der Waals surface area (Å²) in [6, 6.07) is 12.4. The number of carbonyl (C=O) groups excluding carboxylic acids is 1. The molecule has 1 N–H and O–H groups in total. The number of hydrogen-bond donors (Lipinski definition) is 1. The van der Waals surface area contributed by atoms with Crippen LogP contribution in [-0.2, 0) is 29.5 Å². The third-order valence-corrected chi connectivity index (χ3v) is 10.5. The molecule has 0 bridgehead atoms. The number of nitrogens with zero attached hydrogens (tertiary/aromatic N) is 6. The summed E-state index contributed by atoms with van der Waals surface area (Å²) in [4.78, 5) is 25.6. The van der Waals surface area contributed by atoms with Gasteiger partial charge in [0.05, 0.1) is 11.4 Å². The van der Waals surface area contributed by atoms with Crippen molar-refractivity contribution in [3.63, 3.8) is 0 Å².